The first-order valence-corrected chi connectivity index (χ1v) is 7.65. The summed E-state index contributed by atoms with van der Waals surface area (Å²) in [6.45, 7) is 5.18. The standard InChI is InChI=1S/C15H17N3OS/c1-11-12(15(19)18-8-6-16-7-9-18)4-5-13(17-11)14-3-2-10-20-14/h2-5,10,16H,6-9H2,1H3. The predicted octanol–water partition coefficient (Wildman–Crippen LogP) is 2.16. The first-order chi connectivity index (χ1) is 9.75. The molecular weight excluding hydrogens is 270 g/mol. The second kappa shape index (κ2) is 5.73. The zero-order valence-electron chi connectivity index (χ0n) is 11.4. The molecule has 1 saturated heterocycles. The lowest BCUT2D eigenvalue weighted by molar-refractivity contribution is 0.0734. The van der Waals surface area contributed by atoms with Gasteiger partial charge in [-0.05, 0) is 30.5 Å². The molecule has 0 bridgehead atoms. The van der Waals surface area contributed by atoms with Crippen molar-refractivity contribution in [2.45, 2.75) is 6.92 Å². The molecule has 3 heterocycles. The van der Waals surface area contributed by atoms with Crippen molar-refractivity contribution in [3.63, 3.8) is 0 Å². The highest BCUT2D eigenvalue weighted by Gasteiger charge is 2.20. The minimum absolute atomic E-state index is 0.0919. The van der Waals surface area contributed by atoms with Gasteiger partial charge in [0.1, 0.15) is 0 Å². The number of carbonyl (C=O) groups excluding carboxylic acids is 1. The van der Waals surface area contributed by atoms with Crippen LogP contribution in [0.25, 0.3) is 10.6 Å². The minimum Gasteiger partial charge on any atom is -0.336 e. The van der Waals surface area contributed by atoms with Crippen molar-refractivity contribution in [1.29, 1.82) is 0 Å². The monoisotopic (exact) mass is 287 g/mol. The molecule has 0 saturated carbocycles. The molecule has 1 aliphatic rings. The number of pyridine rings is 1. The maximum Gasteiger partial charge on any atom is 0.255 e. The summed E-state index contributed by atoms with van der Waals surface area (Å²) in [6.07, 6.45) is 0. The van der Waals surface area contributed by atoms with Crippen LogP contribution in [-0.4, -0.2) is 42.0 Å². The van der Waals surface area contributed by atoms with Crippen LogP contribution in [0.4, 0.5) is 0 Å². The second-order valence-corrected chi connectivity index (χ2v) is 5.80. The summed E-state index contributed by atoms with van der Waals surface area (Å²) in [5.41, 5.74) is 2.46. The van der Waals surface area contributed by atoms with Gasteiger partial charge >= 0.3 is 0 Å². The van der Waals surface area contributed by atoms with E-state index in [9.17, 15) is 4.79 Å². The molecule has 4 nitrogen and oxygen atoms in total. The van der Waals surface area contributed by atoms with Crippen LogP contribution in [-0.2, 0) is 0 Å². The fourth-order valence-corrected chi connectivity index (χ4v) is 3.08. The van der Waals surface area contributed by atoms with Gasteiger partial charge in [-0.2, -0.15) is 0 Å². The van der Waals surface area contributed by atoms with Gasteiger partial charge in [0.25, 0.3) is 5.91 Å². The quantitative estimate of drug-likeness (QED) is 0.920. The average molecular weight is 287 g/mol. The molecule has 2 aromatic heterocycles. The summed E-state index contributed by atoms with van der Waals surface area (Å²) in [5.74, 6) is 0.0919. The summed E-state index contributed by atoms with van der Waals surface area (Å²) in [7, 11) is 0. The zero-order chi connectivity index (χ0) is 13.9. The van der Waals surface area contributed by atoms with Gasteiger partial charge in [-0.15, -0.1) is 11.3 Å². The van der Waals surface area contributed by atoms with Gasteiger partial charge in [0, 0.05) is 26.2 Å². The Kier molecular flexibility index (Phi) is 3.80. The Morgan fingerprint density at radius 1 is 1.30 bits per heavy atom. The highest BCUT2D eigenvalue weighted by molar-refractivity contribution is 7.13. The van der Waals surface area contributed by atoms with E-state index in [1.165, 1.54) is 0 Å². The summed E-state index contributed by atoms with van der Waals surface area (Å²) in [6, 6.07) is 7.90. The third-order valence-corrected chi connectivity index (χ3v) is 4.39. The van der Waals surface area contributed by atoms with E-state index >= 15 is 0 Å². The highest BCUT2D eigenvalue weighted by atomic mass is 32.1. The van der Waals surface area contributed by atoms with Crippen LogP contribution in [0.3, 0.4) is 0 Å². The van der Waals surface area contributed by atoms with Crippen LogP contribution in [0.15, 0.2) is 29.6 Å². The first-order valence-electron chi connectivity index (χ1n) is 6.77. The highest BCUT2D eigenvalue weighted by Crippen LogP contribution is 2.24. The van der Waals surface area contributed by atoms with E-state index in [1.807, 2.05) is 41.5 Å². The zero-order valence-corrected chi connectivity index (χ0v) is 12.2. The van der Waals surface area contributed by atoms with Crippen molar-refractivity contribution >= 4 is 17.2 Å². The van der Waals surface area contributed by atoms with E-state index in [0.29, 0.717) is 5.56 Å². The maximum atomic E-state index is 12.5. The number of thiophene rings is 1. The number of hydrogen-bond acceptors (Lipinski definition) is 4. The molecule has 1 fully saturated rings. The Bertz CT molecular complexity index is 604. The van der Waals surface area contributed by atoms with E-state index in [4.69, 9.17) is 0 Å². The van der Waals surface area contributed by atoms with Crippen molar-refractivity contribution in [2.75, 3.05) is 26.2 Å². The molecule has 1 N–H and O–H groups in total. The van der Waals surface area contributed by atoms with Crippen molar-refractivity contribution in [2.24, 2.45) is 0 Å². The number of hydrogen-bond donors (Lipinski definition) is 1. The van der Waals surface area contributed by atoms with Gasteiger partial charge in [0.2, 0.25) is 0 Å². The molecule has 1 aliphatic heterocycles. The lowest BCUT2D eigenvalue weighted by atomic mass is 10.1. The average Bonchev–Trinajstić information content (AvgIpc) is 3.01. The van der Waals surface area contributed by atoms with Crippen LogP contribution in [0.2, 0.25) is 0 Å². The third-order valence-electron chi connectivity index (χ3n) is 3.49. The largest absolute Gasteiger partial charge is 0.336 e. The van der Waals surface area contributed by atoms with Gasteiger partial charge < -0.3 is 10.2 Å². The maximum absolute atomic E-state index is 12.5. The van der Waals surface area contributed by atoms with Crippen LogP contribution < -0.4 is 5.32 Å². The third kappa shape index (κ3) is 2.59. The van der Waals surface area contributed by atoms with E-state index < -0.39 is 0 Å². The Hall–Kier alpha value is -1.72. The van der Waals surface area contributed by atoms with E-state index in [1.54, 1.807) is 11.3 Å². The van der Waals surface area contributed by atoms with Crippen molar-refractivity contribution in [3.8, 4) is 10.6 Å². The number of amides is 1. The van der Waals surface area contributed by atoms with E-state index in [-0.39, 0.29) is 5.91 Å². The number of nitrogens with zero attached hydrogens (tertiary/aromatic N) is 2. The van der Waals surface area contributed by atoms with Gasteiger partial charge in [-0.25, -0.2) is 0 Å². The fourth-order valence-electron chi connectivity index (χ4n) is 2.39. The van der Waals surface area contributed by atoms with Gasteiger partial charge in [0.15, 0.2) is 0 Å². The smallest absolute Gasteiger partial charge is 0.255 e. The lowest BCUT2D eigenvalue weighted by Crippen LogP contribution is -2.46. The summed E-state index contributed by atoms with van der Waals surface area (Å²) >= 11 is 1.66. The Morgan fingerprint density at radius 2 is 2.10 bits per heavy atom. The number of nitrogens with one attached hydrogen (secondary N) is 1. The van der Waals surface area contributed by atoms with Crippen LogP contribution >= 0.6 is 11.3 Å². The molecule has 0 radical (unpaired) electrons. The topological polar surface area (TPSA) is 45.2 Å². The van der Waals surface area contributed by atoms with E-state index in [2.05, 4.69) is 10.3 Å². The SMILES string of the molecule is Cc1nc(-c2cccs2)ccc1C(=O)N1CCNCC1. The van der Waals surface area contributed by atoms with Gasteiger partial charge in [-0.3, -0.25) is 9.78 Å². The molecule has 0 unspecified atom stereocenters. The van der Waals surface area contributed by atoms with Crippen LogP contribution in [0.5, 0.6) is 0 Å². The molecule has 104 valence electrons. The summed E-state index contributed by atoms with van der Waals surface area (Å²) in [4.78, 5) is 20.1. The molecular formula is C15H17N3OS. The molecule has 0 aromatic carbocycles. The molecule has 0 spiro atoms. The van der Waals surface area contributed by atoms with Gasteiger partial charge in [-0.1, -0.05) is 6.07 Å². The normalized spacial score (nSPS) is 15.3. The van der Waals surface area contributed by atoms with E-state index in [0.717, 1.165) is 42.4 Å². The molecule has 2 aromatic rings. The molecule has 0 aliphatic carbocycles. The van der Waals surface area contributed by atoms with Gasteiger partial charge in [0.05, 0.1) is 21.8 Å². The lowest BCUT2D eigenvalue weighted by Gasteiger charge is -2.27. The fraction of sp³-hybridized carbons (Fsp3) is 0.333. The Balaban J connectivity index is 1.85. The molecule has 1 amide bonds. The molecule has 20 heavy (non-hydrogen) atoms. The molecule has 0 atom stereocenters. The number of rotatable bonds is 2. The summed E-state index contributed by atoms with van der Waals surface area (Å²) < 4.78 is 0. The second-order valence-electron chi connectivity index (χ2n) is 4.85. The number of aryl methyl sites for hydroxylation is 1. The van der Waals surface area contributed by atoms with Crippen molar-refractivity contribution in [1.82, 2.24) is 15.2 Å². The number of carbonyl (C=O) groups is 1. The van der Waals surface area contributed by atoms with Crippen molar-refractivity contribution in [3.05, 3.63) is 40.9 Å². The van der Waals surface area contributed by atoms with Crippen molar-refractivity contribution < 1.29 is 4.79 Å². The minimum atomic E-state index is 0.0919. The number of piperazine rings is 1. The first kappa shape index (κ1) is 13.3. The Morgan fingerprint density at radius 3 is 2.75 bits per heavy atom. The summed E-state index contributed by atoms with van der Waals surface area (Å²) in [5, 5.41) is 5.29. The predicted molar refractivity (Wildman–Crippen MR) is 81.1 cm³/mol. The number of aromatic nitrogens is 1. The van der Waals surface area contributed by atoms with Crippen LogP contribution in [0, 0.1) is 6.92 Å². The molecule has 5 heteroatoms. The van der Waals surface area contributed by atoms with Crippen LogP contribution in [0.1, 0.15) is 16.1 Å². The molecule has 3 rings (SSSR count). The Labute approximate surface area is 122 Å².